The number of nitrogens with one attached hydrogen (secondary N) is 1. The number of hydrogen-bond acceptors (Lipinski definition) is 2. The van der Waals surface area contributed by atoms with E-state index in [0.717, 1.165) is 18.5 Å². The van der Waals surface area contributed by atoms with Crippen LogP contribution in [0.4, 0.5) is 10.1 Å². The number of hydrogen-bond donors (Lipinski definition) is 2. The van der Waals surface area contributed by atoms with Gasteiger partial charge in [-0.2, -0.15) is 0 Å². The average Bonchev–Trinajstić information content (AvgIpc) is 2.80. The number of halogens is 1. The van der Waals surface area contributed by atoms with Crippen molar-refractivity contribution in [1.82, 2.24) is 5.32 Å². The summed E-state index contributed by atoms with van der Waals surface area (Å²) in [7, 11) is 0. The Morgan fingerprint density at radius 2 is 2.05 bits per heavy atom. The van der Waals surface area contributed by atoms with Crippen LogP contribution in [-0.4, -0.2) is 0 Å². The zero-order valence-electron chi connectivity index (χ0n) is 10.7. The molecular weight excluding hydrogens is 239 g/mol. The Hall–Kier alpha value is -1.87. The van der Waals surface area contributed by atoms with Gasteiger partial charge in [-0.25, -0.2) is 4.39 Å². The first-order valence-corrected chi connectivity index (χ1v) is 6.59. The predicted octanol–water partition coefficient (Wildman–Crippen LogP) is 3.19. The van der Waals surface area contributed by atoms with Gasteiger partial charge in [-0.3, -0.25) is 0 Å². The fraction of sp³-hybridized carbons (Fsp3) is 0.250. The van der Waals surface area contributed by atoms with Crippen LogP contribution in [0.3, 0.4) is 0 Å². The third kappa shape index (κ3) is 2.47. The van der Waals surface area contributed by atoms with Crippen molar-refractivity contribution < 1.29 is 4.39 Å². The zero-order valence-corrected chi connectivity index (χ0v) is 10.7. The lowest BCUT2D eigenvalue weighted by atomic mass is 10.1. The SMILES string of the molecule is Nc1ccc2c(c1)CCC2NCc1ccccc1F. The zero-order chi connectivity index (χ0) is 13.2. The highest BCUT2D eigenvalue weighted by Gasteiger charge is 2.21. The third-order valence-corrected chi connectivity index (χ3v) is 3.74. The van der Waals surface area contributed by atoms with Gasteiger partial charge < -0.3 is 11.1 Å². The van der Waals surface area contributed by atoms with E-state index in [4.69, 9.17) is 5.73 Å². The molecule has 0 spiro atoms. The monoisotopic (exact) mass is 256 g/mol. The summed E-state index contributed by atoms with van der Waals surface area (Å²) in [5, 5.41) is 3.43. The molecule has 0 heterocycles. The van der Waals surface area contributed by atoms with Gasteiger partial charge in [0.1, 0.15) is 5.82 Å². The molecule has 98 valence electrons. The molecule has 0 saturated heterocycles. The number of fused-ring (bicyclic) bond motifs is 1. The molecule has 0 saturated carbocycles. The number of aryl methyl sites for hydroxylation is 1. The second-order valence-corrected chi connectivity index (χ2v) is 5.02. The number of benzene rings is 2. The molecule has 1 atom stereocenters. The van der Waals surface area contributed by atoms with Crippen molar-refractivity contribution in [2.75, 3.05) is 5.73 Å². The average molecular weight is 256 g/mol. The van der Waals surface area contributed by atoms with Crippen LogP contribution in [0.2, 0.25) is 0 Å². The summed E-state index contributed by atoms with van der Waals surface area (Å²) in [6.45, 7) is 0.557. The van der Waals surface area contributed by atoms with Gasteiger partial charge in [-0.15, -0.1) is 0 Å². The van der Waals surface area contributed by atoms with Crippen molar-refractivity contribution >= 4 is 5.69 Å². The normalized spacial score (nSPS) is 17.4. The molecule has 0 amide bonds. The van der Waals surface area contributed by atoms with Gasteiger partial charge >= 0.3 is 0 Å². The quantitative estimate of drug-likeness (QED) is 0.828. The number of anilines is 1. The largest absolute Gasteiger partial charge is 0.399 e. The van der Waals surface area contributed by atoms with Gasteiger partial charge in [0.2, 0.25) is 0 Å². The second kappa shape index (κ2) is 5.02. The third-order valence-electron chi connectivity index (χ3n) is 3.74. The van der Waals surface area contributed by atoms with Crippen LogP contribution in [0.5, 0.6) is 0 Å². The van der Waals surface area contributed by atoms with Crippen molar-refractivity contribution in [3.05, 3.63) is 65.0 Å². The molecule has 3 N–H and O–H groups in total. The standard InChI is InChI=1S/C16H17FN2/c17-15-4-2-1-3-12(15)10-19-16-8-5-11-9-13(18)6-7-14(11)16/h1-4,6-7,9,16,19H,5,8,10,18H2. The van der Waals surface area contributed by atoms with Crippen molar-refractivity contribution in [2.24, 2.45) is 0 Å². The summed E-state index contributed by atoms with van der Waals surface area (Å²) < 4.78 is 13.6. The van der Waals surface area contributed by atoms with E-state index in [1.807, 2.05) is 24.3 Å². The van der Waals surface area contributed by atoms with Gasteiger partial charge in [0.15, 0.2) is 0 Å². The summed E-state index contributed by atoms with van der Waals surface area (Å²) in [4.78, 5) is 0. The van der Waals surface area contributed by atoms with Crippen LogP contribution in [0.25, 0.3) is 0 Å². The lowest BCUT2D eigenvalue weighted by Gasteiger charge is -2.14. The molecule has 2 nitrogen and oxygen atoms in total. The summed E-state index contributed by atoms with van der Waals surface area (Å²) in [5.74, 6) is -0.148. The lowest BCUT2D eigenvalue weighted by Crippen LogP contribution is -2.19. The molecule has 2 aromatic rings. The Balaban J connectivity index is 1.72. The van der Waals surface area contributed by atoms with Gasteiger partial charge in [0.05, 0.1) is 0 Å². The Morgan fingerprint density at radius 3 is 2.89 bits per heavy atom. The molecule has 0 fully saturated rings. The highest BCUT2D eigenvalue weighted by Crippen LogP contribution is 2.32. The molecule has 3 rings (SSSR count). The smallest absolute Gasteiger partial charge is 0.127 e. The molecule has 19 heavy (non-hydrogen) atoms. The fourth-order valence-corrected chi connectivity index (χ4v) is 2.72. The first-order chi connectivity index (χ1) is 9.24. The van der Waals surface area contributed by atoms with E-state index in [1.54, 1.807) is 6.07 Å². The molecular formula is C16H17FN2. The number of nitrogens with two attached hydrogens (primary N) is 1. The van der Waals surface area contributed by atoms with Crippen LogP contribution in [0.1, 0.15) is 29.2 Å². The predicted molar refractivity (Wildman–Crippen MR) is 75.2 cm³/mol. The van der Waals surface area contributed by atoms with E-state index in [1.165, 1.54) is 17.2 Å². The van der Waals surface area contributed by atoms with Gasteiger partial charge in [0.25, 0.3) is 0 Å². The highest BCUT2D eigenvalue weighted by atomic mass is 19.1. The maximum Gasteiger partial charge on any atom is 0.127 e. The molecule has 0 aromatic heterocycles. The van der Waals surface area contributed by atoms with E-state index in [9.17, 15) is 4.39 Å². The van der Waals surface area contributed by atoms with Crippen molar-refractivity contribution in [3.63, 3.8) is 0 Å². The van der Waals surface area contributed by atoms with E-state index < -0.39 is 0 Å². The lowest BCUT2D eigenvalue weighted by molar-refractivity contribution is 0.513. The number of nitrogen functional groups attached to an aromatic ring is 1. The number of rotatable bonds is 3. The molecule has 1 aliphatic rings. The van der Waals surface area contributed by atoms with Crippen LogP contribution in [0.15, 0.2) is 42.5 Å². The Bertz CT molecular complexity index is 595. The topological polar surface area (TPSA) is 38.0 Å². The maximum atomic E-state index is 13.6. The highest BCUT2D eigenvalue weighted by molar-refractivity contribution is 5.47. The molecule has 1 aliphatic carbocycles. The molecule has 3 heteroatoms. The van der Waals surface area contributed by atoms with E-state index in [0.29, 0.717) is 18.2 Å². The van der Waals surface area contributed by atoms with Crippen LogP contribution < -0.4 is 11.1 Å². The van der Waals surface area contributed by atoms with E-state index in [-0.39, 0.29) is 5.82 Å². The summed E-state index contributed by atoms with van der Waals surface area (Å²) in [6.07, 6.45) is 2.09. The minimum Gasteiger partial charge on any atom is -0.399 e. The fourth-order valence-electron chi connectivity index (χ4n) is 2.72. The summed E-state index contributed by atoms with van der Waals surface area (Å²) >= 11 is 0. The second-order valence-electron chi connectivity index (χ2n) is 5.02. The first-order valence-electron chi connectivity index (χ1n) is 6.59. The van der Waals surface area contributed by atoms with Crippen LogP contribution in [-0.2, 0) is 13.0 Å². The molecule has 0 aliphatic heterocycles. The first kappa shape index (κ1) is 12.2. The van der Waals surface area contributed by atoms with Crippen LogP contribution in [0, 0.1) is 5.82 Å². The Labute approximate surface area is 112 Å². The van der Waals surface area contributed by atoms with Gasteiger partial charge in [-0.1, -0.05) is 24.3 Å². The minimum atomic E-state index is -0.148. The minimum absolute atomic E-state index is 0.148. The maximum absolute atomic E-state index is 13.6. The molecule has 2 aromatic carbocycles. The summed E-state index contributed by atoms with van der Waals surface area (Å²) in [6, 6.07) is 13.3. The van der Waals surface area contributed by atoms with Crippen molar-refractivity contribution in [1.29, 1.82) is 0 Å². The van der Waals surface area contributed by atoms with Crippen LogP contribution >= 0.6 is 0 Å². The van der Waals surface area contributed by atoms with Gasteiger partial charge in [0, 0.05) is 23.8 Å². The molecule has 0 bridgehead atoms. The van der Waals surface area contributed by atoms with E-state index >= 15 is 0 Å². The van der Waals surface area contributed by atoms with Gasteiger partial charge in [-0.05, 0) is 42.2 Å². The Kier molecular flexibility index (Phi) is 3.22. The van der Waals surface area contributed by atoms with Crippen molar-refractivity contribution in [2.45, 2.75) is 25.4 Å². The Morgan fingerprint density at radius 1 is 1.21 bits per heavy atom. The van der Waals surface area contributed by atoms with E-state index in [2.05, 4.69) is 11.4 Å². The van der Waals surface area contributed by atoms with Crippen molar-refractivity contribution in [3.8, 4) is 0 Å². The molecule has 0 radical (unpaired) electrons. The summed E-state index contributed by atoms with van der Waals surface area (Å²) in [5.41, 5.74) is 9.93. The molecule has 1 unspecified atom stereocenters.